The van der Waals surface area contributed by atoms with Crippen molar-refractivity contribution in [3.05, 3.63) is 29.8 Å². The lowest BCUT2D eigenvalue weighted by molar-refractivity contribution is -0.117. The molecule has 1 saturated heterocycles. The molecule has 1 heterocycles. The smallest absolute Gasteiger partial charge is 0.242 e. The first kappa shape index (κ1) is 15.3. The number of aliphatic hydroxyl groups is 1. The lowest BCUT2D eigenvalue weighted by atomic mass is 10.1. The molecule has 0 aliphatic carbocycles. The van der Waals surface area contributed by atoms with Crippen LogP contribution in [-0.2, 0) is 14.6 Å². The predicted molar refractivity (Wildman–Crippen MR) is 77.8 cm³/mol. The predicted octanol–water partition coefficient (Wildman–Crippen LogP) is 0.725. The summed E-state index contributed by atoms with van der Waals surface area (Å²) in [4.78, 5) is 13.4. The van der Waals surface area contributed by atoms with Crippen LogP contribution in [-0.4, -0.2) is 49.0 Å². The van der Waals surface area contributed by atoms with Crippen molar-refractivity contribution in [2.45, 2.75) is 19.1 Å². The van der Waals surface area contributed by atoms with Gasteiger partial charge in [0.1, 0.15) is 5.88 Å². The van der Waals surface area contributed by atoms with Gasteiger partial charge in [0.05, 0.1) is 23.7 Å². The number of carbonyl (C=O) groups is 1. The Morgan fingerprint density at radius 3 is 2.65 bits per heavy atom. The number of nitrogens with zero attached hydrogens (tertiary/aromatic N) is 1. The first-order chi connectivity index (χ1) is 9.34. The van der Waals surface area contributed by atoms with Gasteiger partial charge in [-0.2, -0.15) is 0 Å². The number of rotatable bonds is 3. The normalized spacial score (nSPS) is 24.6. The highest BCUT2D eigenvalue weighted by atomic mass is 35.5. The van der Waals surface area contributed by atoms with Crippen LogP contribution >= 0.6 is 11.6 Å². The van der Waals surface area contributed by atoms with Crippen LogP contribution in [0.25, 0.3) is 0 Å². The third kappa shape index (κ3) is 3.13. The maximum absolute atomic E-state index is 12.1. The van der Waals surface area contributed by atoms with Gasteiger partial charge in [0.25, 0.3) is 0 Å². The summed E-state index contributed by atoms with van der Waals surface area (Å²) in [6.07, 6.45) is -1.09. The van der Waals surface area contributed by atoms with Crippen molar-refractivity contribution in [3.63, 3.8) is 0 Å². The topological polar surface area (TPSA) is 74.7 Å². The van der Waals surface area contributed by atoms with E-state index in [9.17, 15) is 18.3 Å². The van der Waals surface area contributed by atoms with Crippen molar-refractivity contribution in [2.24, 2.45) is 0 Å². The maximum atomic E-state index is 12.1. The Hall–Kier alpha value is -1.11. The van der Waals surface area contributed by atoms with Gasteiger partial charge in [-0.15, -0.1) is 11.6 Å². The van der Waals surface area contributed by atoms with Crippen LogP contribution in [0.2, 0.25) is 0 Å². The molecule has 5 nitrogen and oxygen atoms in total. The molecule has 1 N–H and O–H groups in total. The summed E-state index contributed by atoms with van der Waals surface area (Å²) in [5.41, 5.74) is 1.49. The molecule has 0 unspecified atom stereocenters. The van der Waals surface area contributed by atoms with Crippen LogP contribution in [0, 0.1) is 6.92 Å². The molecule has 7 heteroatoms. The number of aryl methyl sites for hydroxylation is 1. The molecule has 110 valence electrons. The van der Waals surface area contributed by atoms with Crippen LogP contribution in [0.15, 0.2) is 24.3 Å². The van der Waals surface area contributed by atoms with E-state index < -0.39 is 27.9 Å². The van der Waals surface area contributed by atoms with E-state index >= 15 is 0 Å². The van der Waals surface area contributed by atoms with Gasteiger partial charge in [0.15, 0.2) is 9.84 Å². The Morgan fingerprint density at radius 2 is 2.15 bits per heavy atom. The van der Waals surface area contributed by atoms with E-state index in [0.29, 0.717) is 5.69 Å². The lowest BCUT2D eigenvalue weighted by Gasteiger charge is -2.30. The van der Waals surface area contributed by atoms with Crippen molar-refractivity contribution >= 4 is 33.0 Å². The second kappa shape index (κ2) is 5.71. The molecule has 2 rings (SSSR count). The summed E-state index contributed by atoms with van der Waals surface area (Å²) in [5.74, 6) is -1.25. The van der Waals surface area contributed by atoms with Gasteiger partial charge >= 0.3 is 0 Å². The molecular formula is C13H16ClNO4S. The fraction of sp³-hybridized carbons (Fsp3) is 0.462. The minimum Gasteiger partial charge on any atom is -0.390 e. The fourth-order valence-corrected chi connectivity index (χ4v) is 4.32. The molecule has 0 spiro atoms. The average Bonchev–Trinajstić information content (AvgIpc) is 2.63. The zero-order valence-electron chi connectivity index (χ0n) is 11.0. The van der Waals surface area contributed by atoms with Crippen molar-refractivity contribution in [1.82, 2.24) is 0 Å². The van der Waals surface area contributed by atoms with Crippen LogP contribution in [0.4, 0.5) is 5.69 Å². The van der Waals surface area contributed by atoms with Gasteiger partial charge in [0.2, 0.25) is 5.91 Å². The van der Waals surface area contributed by atoms with Crippen LogP contribution in [0.5, 0.6) is 0 Å². The SMILES string of the molecule is Cc1cccc(N(C(=O)CCl)[C@@H]2CS(=O)(=O)C[C@H]2O)c1. The summed E-state index contributed by atoms with van der Waals surface area (Å²) in [6.45, 7) is 1.87. The minimum atomic E-state index is -3.34. The number of hydrogen-bond acceptors (Lipinski definition) is 4. The van der Waals surface area contributed by atoms with Gasteiger partial charge in [0, 0.05) is 5.69 Å². The van der Waals surface area contributed by atoms with E-state index in [-0.39, 0.29) is 17.4 Å². The Morgan fingerprint density at radius 1 is 1.45 bits per heavy atom. The summed E-state index contributed by atoms with van der Waals surface area (Å²) in [7, 11) is -3.34. The minimum absolute atomic E-state index is 0.245. The monoisotopic (exact) mass is 317 g/mol. The van der Waals surface area contributed by atoms with Crippen LogP contribution < -0.4 is 4.90 Å². The molecule has 20 heavy (non-hydrogen) atoms. The Bertz CT molecular complexity index is 617. The number of carbonyl (C=O) groups excluding carboxylic acids is 1. The van der Waals surface area contributed by atoms with Crippen molar-refractivity contribution in [1.29, 1.82) is 0 Å². The summed E-state index contributed by atoms with van der Waals surface area (Å²) >= 11 is 5.61. The maximum Gasteiger partial charge on any atom is 0.242 e. The van der Waals surface area contributed by atoms with E-state index in [4.69, 9.17) is 11.6 Å². The van der Waals surface area contributed by atoms with Crippen LogP contribution in [0.3, 0.4) is 0 Å². The molecule has 0 bridgehead atoms. The second-order valence-electron chi connectivity index (χ2n) is 4.95. The van der Waals surface area contributed by atoms with Crippen molar-refractivity contribution in [2.75, 3.05) is 22.3 Å². The van der Waals surface area contributed by atoms with Crippen molar-refractivity contribution < 1.29 is 18.3 Å². The van der Waals surface area contributed by atoms with E-state index in [1.807, 2.05) is 13.0 Å². The molecule has 0 saturated carbocycles. The third-order valence-corrected chi connectivity index (χ3v) is 5.22. The van der Waals surface area contributed by atoms with Gasteiger partial charge in [-0.1, -0.05) is 12.1 Å². The number of benzene rings is 1. The Kier molecular flexibility index (Phi) is 4.36. The number of alkyl halides is 1. The van der Waals surface area contributed by atoms with Gasteiger partial charge in [-0.05, 0) is 24.6 Å². The molecule has 1 aliphatic heterocycles. The van der Waals surface area contributed by atoms with E-state index in [2.05, 4.69) is 0 Å². The zero-order chi connectivity index (χ0) is 14.9. The summed E-state index contributed by atoms with van der Waals surface area (Å²) < 4.78 is 23.3. The second-order valence-corrected chi connectivity index (χ2v) is 7.37. The number of hydrogen-bond donors (Lipinski definition) is 1. The summed E-state index contributed by atoms with van der Waals surface area (Å²) in [5, 5.41) is 9.95. The standard InChI is InChI=1S/C13H16ClNO4S/c1-9-3-2-4-10(5-9)15(13(17)6-14)11-7-20(18,19)8-12(11)16/h2-5,11-12,16H,6-8H2,1H3/t11-,12-/m1/s1. The number of anilines is 1. The molecule has 1 aliphatic rings. The number of sulfone groups is 1. The fourth-order valence-electron chi connectivity index (χ4n) is 2.42. The molecule has 1 aromatic rings. The van der Waals surface area contributed by atoms with Crippen LogP contribution in [0.1, 0.15) is 5.56 Å². The molecular weight excluding hydrogens is 302 g/mol. The van der Waals surface area contributed by atoms with E-state index in [1.165, 1.54) is 4.90 Å². The molecule has 0 aromatic heterocycles. The number of halogens is 1. The Labute approximate surface area is 123 Å². The molecule has 1 aromatic carbocycles. The average molecular weight is 318 g/mol. The lowest BCUT2D eigenvalue weighted by Crippen LogP contribution is -2.47. The third-order valence-electron chi connectivity index (χ3n) is 3.29. The zero-order valence-corrected chi connectivity index (χ0v) is 12.6. The van der Waals surface area contributed by atoms with E-state index in [0.717, 1.165) is 5.56 Å². The number of amides is 1. The van der Waals surface area contributed by atoms with Gasteiger partial charge in [-0.25, -0.2) is 8.42 Å². The molecule has 2 atom stereocenters. The van der Waals surface area contributed by atoms with Crippen molar-refractivity contribution in [3.8, 4) is 0 Å². The highest BCUT2D eigenvalue weighted by Crippen LogP contribution is 2.26. The summed E-state index contributed by atoms with van der Waals surface area (Å²) in [6, 6.07) is 6.33. The number of aliphatic hydroxyl groups excluding tert-OH is 1. The largest absolute Gasteiger partial charge is 0.390 e. The quantitative estimate of drug-likeness (QED) is 0.834. The highest BCUT2D eigenvalue weighted by molar-refractivity contribution is 7.91. The molecule has 0 radical (unpaired) electrons. The highest BCUT2D eigenvalue weighted by Gasteiger charge is 2.42. The Balaban J connectivity index is 2.41. The van der Waals surface area contributed by atoms with Gasteiger partial charge in [-0.3, -0.25) is 4.79 Å². The first-order valence-corrected chi connectivity index (χ1v) is 8.53. The first-order valence-electron chi connectivity index (χ1n) is 6.17. The van der Waals surface area contributed by atoms with Gasteiger partial charge < -0.3 is 10.0 Å². The molecule has 1 amide bonds. The van der Waals surface area contributed by atoms with E-state index in [1.54, 1.807) is 18.2 Å². The molecule has 1 fully saturated rings.